The Morgan fingerprint density at radius 1 is 1.14 bits per heavy atom. The number of ether oxygens (including phenoxy) is 2. The summed E-state index contributed by atoms with van der Waals surface area (Å²) in [5, 5.41) is 31.9. The zero-order chi connectivity index (χ0) is 20.1. The van der Waals surface area contributed by atoms with E-state index >= 15 is 0 Å². The topological polar surface area (TPSA) is 99.5 Å². The quantitative estimate of drug-likeness (QED) is 0.497. The number of esters is 1. The Morgan fingerprint density at radius 3 is 2.54 bits per heavy atom. The van der Waals surface area contributed by atoms with Gasteiger partial charge >= 0.3 is 5.97 Å². The minimum atomic E-state index is -0.560. The minimum Gasteiger partial charge on any atom is -0.462 e. The second-order valence-electron chi connectivity index (χ2n) is 10.9. The van der Waals surface area contributed by atoms with E-state index in [2.05, 4.69) is 6.92 Å². The molecule has 28 heavy (non-hydrogen) atoms. The number of aliphatic hydroxyl groups is 3. The second kappa shape index (κ2) is 5.71. The first kappa shape index (κ1) is 19.3. The summed E-state index contributed by atoms with van der Waals surface area (Å²) >= 11 is 0. The smallest absolute Gasteiger partial charge is 0.302 e. The summed E-state index contributed by atoms with van der Waals surface area (Å²) in [5.41, 5.74) is -1.30. The van der Waals surface area contributed by atoms with Gasteiger partial charge < -0.3 is 24.8 Å². The third kappa shape index (κ3) is 2.01. The van der Waals surface area contributed by atoms with Gasteiger partial charge in [-0.2, -0.15) is 0 Å². The van der Waals surface area contributed by atoms with Crippen LogP contribution in [0.4, 0.5) is 0 Å². The molecule has 0 aromatic heterocycles. The predicted molar refractivity (Wildman–Crippen MR) is 100 cm³/mol. The molecule has 4 saturated carbocycles. The lowest BCUT2D eigenvalue weighted by atomic mass is 9.39. The highest BCUT2D eigenvalue weighted by atomic mass is 16.6. The standard InChI is InChI=1S/C22H34O6/c1-12(25)27-17-6-7-19(2)14-5-4-13-9-21(14,18-22(13,11-24)28-18)16(26)8-15(19)20(17,3)10-23/h13-18,23-24,26H,4-11H2,1-3H3/t13-,14+,15+,16+,17-,18-,19+,20-,21-,22+/m0/s1. The summed E-state index contributed by atoms with van der Waals surface area (Å²) in [5.74, 6) is 0.412. The Balaban J connectivity index is 1.54. The van der Waals surface area contributed by atoms with Crippen molar-refractivity contribution in [2.75, 3.05) is 13.2 Å². The van der Waals surface area contributed by atoms with E-state index in [1.807, 2.05) is 6.92 Å². The summed E-state index contributed by atoms with van der Waals surface area (Å²) in [6.45, 7) is 5.77. The zero-order valence-corrected chi connectivity index (χ0v) is 17.2. The molecule has 0 amide bonds. The van der Waals surface area contributed by atoms with E-state index in [0.29, 0.717) is 18.3 Å². The van der Waals surface area contributed by atoms with Crippen molar-refractivity contribution in [2.45, 2.75) is 83.2 Å². The third-order valence-electron chi connectivity index (χ3n) is 10.00. The van der Waals surface area contributed by atoms with E-state index < -0.39 is 17.1 Å². The first-order valence-corrected chi connectivity index (χ1v) is 10.9. The molecule has 158 valence electrons. The summed E-state index contributed by atoms with van der Waals surface area (Å²) < 4.78 is 11.8. The molecule has 4 aliphatic carbocycles. The number of epoxide rings is 1. The molecule has 1 aliphatic heterocycles. The number of carbonyl (C=O) groups excluding carboxylic acids is 1. The van der Waals surface area contributed by atoms with Gasteiger partial charge in [-0.1, -0.05) is 13.8 Å². The van der Waals surface area contributed by atoms with Crippen LogP contribution >= 0.6 is 0 Å². The van der Waals surface area contributed by atoms with Crippen LogP contribution in [0.1, 0.15) is 59.3 Å². The van der Waals surface area contributed by atoms with Crippen molar-refractivity contribution in [2.24, 2.45) is 34.0 Å². The molecule has 1 spiro atoms. The minimum absolute atomic E-state index is 0.0400. The Hall–Kier alpha value is -0.690. The predicted octanol–water partition coefficient (Wildman–Crippen LogP) is 1.64. The first-order chi connectivity index (χ1) is 13.2. The van der Waals surface area contributed by atoms with Crippen molar-refractivity contribution in [1.29, 1.82) is 0 Å². The largest absolute Gasteiger partial charge is 0.462 e. The maximum absolute atomic E-state index is 11.7. The summed E-state index contributed by atoms with van der Waals surface area (Å²) in [6, 6.07) is 0. The average molecular weight is 395 g/mol. The third-order valence-corrected chi connectivity index (χ3v) is 10.00. The van der Waals surface area contributed by atoms with Crippen molar-refractivity contribution in [1.82, 2.24) is 0 Å². The normalized spacial score (nSPS) is 59.1. The Labute approximate surface area is 166 Å². The molecule has 3 N–H and O–H groups in total. The number of fused-ring (bicyclic) bond motifs is 5. The SMILES string of the molecule is CC(=O)O[C@H]1CC[C@@]2(C)[C@@H](C[C@@H](O)[C@]34C[C@H](CC[C@H]23)[C@@]2(CO)O[C@H]24)[C@]1(C)CO. The van der Waals surface area contributed by atoms with E-state index in [1.54, 1.807) is 0 Å². The van der Waals surface area contributed by atoms with Gasteiger partial charge in [-0.05, 0) is 61.7 Å². The molecule has 10 atom stereocenters. The maximum atomic E-state index is 11.7. The number of rotatable bonds is 3. The van der Waals surface area contributed by atoms with Crippen LogP contribution in [0.3, 0.4) is 0 Å². The second-order valence-corrected chi connectivity index (χ2v) is 10.9. The van der Waals surface area contributed by atoms with Crippen LogP contribution < -0.4 is 0 Å². The van der Waals surface area contributed by atoms with Crippen LogP contribution in [0, 0.1) is 34.0 Å². The monoisotopic (exact) mass is 394 g/mol. The molecule has 5 fully saturated rings. The molecule has 5 rings (SSSR count). The van der Waals surface area contributed by atoms with E-state index in [0.717, 1.165) is 32.1 Å². The zero-order valence-electron chi connectivity index (χ0n) is 17.2. The Bertz CT molecular complexity index is 697. The number of aliphatic hydroxyl groups excluding tert-OH is 3. The molecular formula is C22H34O6. The summed E-state index contributed by atoms with van der Waals surface area (Å²) in [7, 11) is 0. The van der Waals surface area contributed by atoms with E-state index in [-0.39, 0.29) is 48.1 Å². The van der Waals surface area contributed by atoms with Crippen LogP contribution in [-0.4, -0.2) is 58.4 Å². The lowest BCUT2D eigenvalue weighted by molar-refractivity contribution is -0.244. The molecule has 0 aromatic carbocycles. The molecule has 1 heterocycles. The van der Waals surface area contributed by atoms with Crippen molar-refractivity contribution < 1.29 is 29.6 Å². The first-order valence-electron chi connectivity index (χ1n) is 10.9. The molecule has 0 unspecified atom stereocenters. The van der Waals surface area contributed by atoms with Gasteiger partial charge in [0.1, 0.15) is 11.7 Å². The lowest BCUT2D eigenvalue weighted by Crippen LogP contribution is -2.66. The summed E-state index contributed by atoms with van der Waals surface area (Å²) in [4.78, 5) is 11.7. The van der Waals surface area contributed by atoms with Gasteiger partial charge in [0.05, 0.1) is 25.4 Å². The molecule has 6 heteroatoms. The summed E-state index contributed by atoms with van der Waals surface area (Å²) in [6.07, 6.45) is 4.40. The van der Waals surface area contributed by atoms with Gasteiger partial charge in [0, 0.05) is 17.8 Å². The van der Waals surface area contributed by atoms with Crippen LogP contribution in [0.25, 0.3) is 0 Å². The fourth-order valence-electron chi connectivity index (χ4n) is 8.74. The van der Waals surface area contributed by atoms with Crippen LogP contribution in [-0.2, 0) is 14.3 Å². The molecule has 0 aromatic rings. The maximum Gasteiger partial charge on any atom is 0.302 e. The van der Waals surface area contributed by atoms with Gasteiger partial charge in [-0.3, -0.25) is 4.79 Å². The number of hydrogen-bond donors (Lipinski definition) is 3. The molecular weight excluding hydrogens is 360 g/mol. The van der Waals surface area contributed by atoms with Crippen LogP contribution in [0.15, 0.2) is 0 Å². The highest BCUT2D eigenvalue weighted by molar-refractivity contribution is 5.66. The van der Waals surface area contributed by atoms with Crippen molar-refractivity contribution in [3.8, 4) is 0 Å². The number of carbonyl (C=O) groups is 1. The Morgan fingerprint density at radius 2 is 1.89 bits per heavy atom. The van der Waals surface area contributed by atoms with Gasteiger partial charge in [0.2, 0.25) is 0 Å². The fourth-order valence-corrected chi connectivity index (χ4v) is 8.74. The highest BCUT2D eigenvalue weighted by Gasteiger charge is 2.83. The molecule has 5 aliphatic rings. The fraction of sp³-hybridized carbons (Fsp3) is 0.955. The van der Waals surface area contributed by atoms with Crippen LogP contribution in [0.5, 0.6) is 0 Å². The van der Waals surface area contributed by atoms with E-state index in [4.69, 9.17) is 9.47 Å². The lowest BCUT2D eigenvalue weighted by Gasteiger charge is -2.66. The van der Waals surface area contributed by atoms with Crippen LogP contribution in [0.2, 0.25) is 0 Å². The van der Waals surface area contributed by atoms with Gasteiger partial charge in [0.15, 0.2) is 0 Å². The molecule has 1 saturated heterocycles. The van der Waals surface area contributed by atoms with Gasteiger partial charge in [-0.25, -0.2) is 0 Å². The average Bonchev–Trinajstić information content (AvgIpc) is 3.38. The highest BCUT2D eigenvalue weighted by Crippen LogP contribution is 2.78. The molecule has 6 nitrogen and oxygen atoms in total. The molecule has 0 radical (unpaired) electrons. The van der Waals surface area contributed by atoms with Gasteiger partial charge in [0.25, 0.3) is 0 Å². The van der Waals surface area contributed by atoms with Crippen molar-refractivity contribution in [3.63, 3.8) is 0 Å². The van der Waals surface area contributed by atoms with Gasteiger partial charge in [-0.15, -0.1) is 0 Å². The van der Waals surface area contributed by atoms with E-state index in [9.17, 15) is 20.1 Å². The molecule has 2 bridgehead atoms. The number of hydrogen-bond acceptors (Lipinski definition) is 6. The van der Waals surface area contributed by atoms with Crippen molar-refractivity contribution in [3.05, 3.63) is 0 Å². The Kier molecular flexibility index (Phi) is 3.94. The van der Waals surface area contributed by atoms with E-state index in [1.165, 1.54) is 6.92 Å². The van der Waals surface area contributed by atoms with Crippen molar-refractivity contribution >= 4 is 5.97 Å².